The van der Waals surface area contributed by atoms with Gasteiger partial charge < -0.3 is 5.11 Å². The number of hydrogen-bond donors (Lipinski definition) is 2. The summed E-state index contributed by atoms with van der Waals surface area (Å²) in [4.78, 5) is -0.129. The van der Waals surface area contributed by atoms with E-state index >= 15 is 0 Å². The summed E-state index contributed by atoms with van der Waals surface area (Å²) in [7, 11) is -3.96. The maximum absolute atomic E-state index is 12.8. The molecule has 106 valence electrons. The van der Waals surface area contributed by atoms with E-state index in [0.717, 1.165) is 18.2 Å². The van der Waals surface area contributed by atoms with Crippen molar-refractivity contribution in [1.82, 2.24) is 0 Å². The minimum Gasteiger partial charge on any atom is -0.506 e. The van der Waals surface area contributed by atoms with Gasteiger partial charge in [-0.3, -0.25) is 4.72 Å². The standard InChI is InChI=1S/C12H8Cl2FNO3S/c13-9-3-2-8(6-10(9)14)20(18,19)16-11-4-1-7(15)5-12(11)17/h1-6,16-17H. The molecule has 2 aromatic rings. The average molecular weight is 336 g/mol. The molecule has 0 aliphatic heterocycles. The fourth-order valence-corrected chi connectivity index (χ4v) is 2.90. The molecule has 2 aromatic carbocycles. The first-order chi connectivity index (χ1) is 9.29. The number of rotatable bonds is 3. The molecule has 0 amide bonds. The predicted molar refractivity (Wildman–Crippen MR) is 75.3 cm³/mol. The lowest BCUT2D eigenvalue weighted by Crippen LogP contribution is -2.13. The van der Waals surface area contributed by atoms with Crippen LogP contribution in [0.5, 0.6) is 5.75 Å². The molecule has 0 unspecified atom stereocenters. The Hall–Kier alpha value is -1.50. The number of hydrogen-bond acceptors (Lipinski definition) is 3. The lowest BCUT2D eigenvalue weighted by Gasteiger charge is -2.10. The zero-order valence-corrected chi connectivity index (χ0v) is 12.1. The molecule has 0 aliphatic rings. The number of phenolic OH excluding ortho intramolecular Hbond substituents is 1. The van der Waals surface area contributed by atoms with Gasteiger partial charge in [0.1, 0.15) is 11.6 Å². The summed E-state index contributed by atoms with van der Waals surface area (Å²) in [6.07, 6.45) is 0. The predicted octanol–water partition coefficient (Wildman–Crippen LogP) is 3.64. The molecule has 0 atom stereocenters. The molecule has 0 saturated heterocycles. The van der Waals surface area contributed by atoms with Crippen molar-refractivity contribution in [3.63, 3.8) is 0 Å². The summed E-state index contributed by atoms with van der Waals surface area (Å²) in [6, 6.07) is 6.70. The van der Waals surface area contributed by atoms with E-state index in [9.17, 15) is 17.9 Å². The van der Waals surface area contributed by atoms with Gasteiger partial charge >= 0.3 is 0 Å². The summed E-state index contributed by atoms with van der Waals surface area (Å²) < 4.78 is 39.1. The molecule has 20 heavy (non-hydrogen) atoms. The minimum absolute atomic E-state index is 0.0814. The Kier molecular flexibility index (Phi) is 4.08. The number of aromatic hydroxyl groups is 1. The Balaban J connectivity index is 2.38. The highest BCUT2D eigenvalue weighted by atomic mass is 35.5. The number of phenols is 1. The zero-order chi connectivity index (χ0) is 14.9. The molecule has 0 aliphatic carbocycles. The summed E-state index contributed by atoms with van der Waals surface area (Å²) in [5.41, 5.74) is -0.141. The van der Waals surface area contributed by atoms with Crippen molar-refractivity contribution in [3.05, 3.63) is 52.3 Å². The highest BCUT2D eigenvalue weighted by Gasteiger charge is 2.17. The largest absolute Gasteiger partial charge is 0.506 e. The van der Waals surface area contributed by atoms with Crippen LogP contribution >= 0.6 is 23.2 Å². The van der Waals surface area contributed by atoms with Gasteiger partial charge in [0, 0.05) is 6.07 Å². The molecule has 0 radical (unpaired) electrons. The second kappa shape index (κ2) is 5.47. The number of benzene rings is 2. The van der Waals surface area contributed by atoms with Crippen molar-refractivity contribution < 1.29 is 17.9 Å². The fraction of sp³-hybridized carbons (Fsp3) is 0. The van der Waals surface area contributed by atoms with Crippen LogP contribution in [0.15, 0.2) is 41.3 Å². The van der Waals surface area contributed by atoms with Gasteiger partial charge in [-0.05, 0) is 30.3 Å². The number of halogens is 3. The number of nitrogens with one attached hydrogen (secondary N) is 1. The molecule has 8 heteroatoms. The van der Waals surface area contributed by atoms with Crippen LogP contribution in [0, 0.1) is 5.82 Å². The second-order valence-corrected chi connectivity index (χ2v) is 6.34. The van der Waals surface area contributed by atoms with E-state index in [1.54, 1.807) is 0 Å². The van der Waals surface area contributed by atoms with Crippen LogP contribution < -0.4 is 4.72 Å². The summed E-state index contributed by atoms with van der Waals surface area (Å²) in [6.45, 7) is 0. The summed E-state index contributed by atoms with van der Waals surface area (Å²) >= 11 is 11.5. The topological polar surface area (TPSA) is 66.4 Å². The van der Waals surface area contributed by atoms with E-state index in [2.05, 4.69) is 4.72 Å². The van der Waals surface area contributed by atoms with Crippen LogP contribution in [-0.4, -0.2) is 13.5 Å². The van der Waals surface area contributed by atoms with E-state index in [-0.39, 0.29) is 20.6 Å². The third-order valence-electron chi connectivity index (χ3n) is 2.41. The second-order valence-electron chi connectivity index (χ2n) is 3.84. The Morgan fingerprint density at radius 2 is 1.75 bits per heavy atom. The van der Waals surface area contributed by atoms with Gasteiger partial charge in [0.05, 0.1) is 20.6 Å². The molecule has 2 rings (SSSR count). The van der Waals surface area contributed by atoms with Gasteiger partial charge in [0.25, 0.3) is 10.0 Å². The van der Waals surface area contributed by atoms with E-state index in [4.69, 9.17) is 23.2 Å². The maximum Gasteiger partial charge on any atom is 0.262 e. The SMILES string of the molecule is O=S(=O)(Nc1ccc(F)cc1O)c1ccc(Cl)c(Cl)c1. The minimum atomic E-state index is -3.96. The molecule has 2 N–H and O–H groups in total. The molecule has 0 bridgehead atoms. The first-order valence-corrected chi connectivity index (χ1v) is 7.50. The molecule has 0 saturated carbocycles. The monoisotopic (exact) mass is 335 g/mol. The van der Waals surface area contributed by atoms with Crippen molar-refractivity contribution in [3.8, 4) is 5.75 Å². The highest BCUT2D eigenvalue weighted by molar-refractivity contribution is 7.92. The number of anilines is 1. The molecular weight excluding hydrogens is 328 g/mol. The van der Waals surface area contributed by atoms with E-state index in [0.29, 0.717) is 0 Å². The van der Waals surface area contributed by atoms with Gasteiger partial charge in [-0.15, -0.1) is 0 Å². The van der Waals surface area contributed by atoms with Crippen molar-refractivity contribution in [2.75, 3.05) is 4.72 Å². The van der Waals surface area contributed by atoms with Crippen molar-refractivity contribution in [1.29, 1.82) is 0 Å². The van der Waals surface area contributed by atoms with Crippen LogP contribution in [0.1, 0.15) is 0 Å². The Labute approximate surface area is 124 Å². The molecule has 0 heterocycles. The smallest absolute Gasteiger partial charge is 0.262 e. The maximum atomic E-state index is 12.8. The van der Waals surface area contributed by atoms with Crippen molar-refractivity contribution >= 4 is 38.9 Å². The Morgan fingerprint density at radius 3 is 2.35 bits per heavy atom. The third kappa shape index (κ3) is 3.15. The van der Waals surface area contributed by atoms with Crippen LogP contribution in [0.3, 0.4) is 0 Å². The first kappa shape index (κ1) is 14.9. The fourth-order valence-electron chi connectivity index (χ4n) is 1.44. The molecule has 0 spiro atoms. The van der Waals surface area contributed by atoms with Crippen molar-refractivity contribution in [2.45, 2.75) is 4.90 Å². The van der Waals surface area contributed by atoms with Gasteiger partial charge in [-0.2, -0.15) is 0 Å². The summed E-state index contributed by atoms with van der Waals surface area (Å²) in [5, 5.41) is 9.79. The van der Waals surface area contributed by atoms with Crippen LogP contribution in [0.2, 0.25) is 10.0 Å². The van der Waals surface area contributed by atoms with E-state index in [1.807, 2.05) is 0 Å². The van der Waals surface area contributed by atoms with E-state index < -0.39 is 21.6 Å². The number of sulfonamides is 1. The van der Waals surface area contributed by atoms with Crippen LogP contribution in [0.4, 0.5) is 10.1 Å². The lowest BCUT2D eigenvalue weighted by molar-refractivity contribution is 0.471. The molecule has 4 nitrogen and oxygen atoms in total. The van der Waals surface area contributed by atoms with Gasteiger partial charge in [0.2, 0.25) is 0 Å². The van der Waals surface area contributed by atoms with Crippen molar-refractivity contribution in [2.24, 2.45) is 0 Å². The molecular formula is C12H8Cl2FNO3S. The quantitative estimate of drug-likeness (QED) is 0.841. The van der Waals surface area contributed by atoms with Gasteiger partial charge in [-0.25, -0.2) is 12.8 Å². The zero-order valence-electron chi connectivity index (χ0n) is 9.77. The van der Waals surface area contributed by atoms with Gasteiger partial charge in [-0.1, -0.05) is 23.2 Å². The average Bonchev–Trinajstić information content (AvgIpc) is 2.36. The van der Waals surface area contributed by atoms with Crippen LogP contribution in [-0.2, 0) is 10.0 Å². The summed E-state index contributed by atoms with van der Waals surface area (Å²) in [5.74, 6) is -1.20. The van der Waals surface area contributed by atoms with Crippen LogP contribution in [0.25, 0.3) is 0 Å². The normalized spacial score (nSPS) is 11.3. The highest BCUT2D eigenvalue weighted by Crippen LogP contribution is 2.29. The molecule has 0 fully saturated rings. The Morgan fingerprint density at radius 1 is 1.05 bits per heavy atom. The van der Waals surface area contributed by atoms with E-state index in [1.165, 1.54) is 18.2 Å². The van der Waals surface area contributed by atoms with Gasteiger partial charge in [0.15, 0.2) is 0 Å². The first-order valence-electron chi connectivity index (χ1n) is 5.26. The third-order valence-corrected chi connectivity index (χ3v) is 4.51. The lowest BCUT2D eigenvalue weighted by atomic mass is 10.3. The Bertz CT molecular complexity index is 765. The molecule has 0 aromatic heterocycles.